The fraction of sp³-hybridized carbons (Fsp3) is 0.375. The van der Waals surface area contributed by atoms with E-state index in [1.165, 1.54) is 5.56 Å². The highest BCUT2D eigenvalue weighted by molar-refractivity contribution is 9.10. The van der Waals surface area contributed by atoms with Gasteiger partial charge >= 0.3 is 0 Å². The molecule has 3 nitrogen and oxygen atoms in total. The Balaban J connectivity index is 2.04. The van der Waals surface area contributed by atoms with Crippen LogP contribution in [-0.2, 0) is 0 Å². The lowest BCUT2D eigenvalue weighted by Gasteiger charge is -2.14. The van der Waals surface area contributed by atoms with Crippen LogP contribution in [-0.4, -0.2) is 16.5 Å². The maximum Gasteiger partial charge on any atom is 0.134 e. The molecule has 0 radical (unpaired) electrons. The molecule has 0 aliphatic heterocycles. The molecule has 0 fully saturated rings. The fourth-order valence-corrected chi connectivity index (χ4v) is 2.34. The molecule has 1 aromatic heterocycles. The highest BCUT2D eigenvalue weighted by Crippen LogP contribution is 2.19. The van der Waals surface area contributed by atoms with Crippen molar-refractivity contribution in [3.63, 3.8) is 0 Å². The number of anilines is 1. The van der Waals surface area contributed by atoms with Gasteiger partial charge in [0.25, 0.3) is 0 Å². The van der Waals surface area contributed by atoms with E-state index >= 15 is 0 Å². The molecule has 1 heterocycles. The predicted molar refractivity (Wildman–Crippen MR) is 87.2 cm³/mol. The first-order valence-corrected chi connectivity index (χ1v) is 7.69. The van der Waals surface area contributed by atoms with Crippen molar-refractivity contribution in [1.29, 1.82) is 0 Å². The smallest absolute Gasteiger partial charge is 0.134 e. The van der Waals surface area contributed by atoms with Gasteiger partial charge in [-0.15, -0.1) is 0 Å². The van der Waals surface area contributed by atoms with E-state index in [0.717, 1.165) is 22.8 Å². The number of hydrogen-bond donors (Lipinski definition) is 1. The number of aromatic nitrogens is 2. The lowest BCUT2D eigenvalue weighted by atomic mass is 10.0. The van der Waals surface area contributed by atoms with Gasteiger partial charge in [0.05, 0.1) is 0 Å². The number of benzene rings is 1. The normalized spacial score (nSPS) is 12.4. The molecule has 1 aromatic carbocycles. The van der Waals surface area contributed by atoms with Crippen LogP contribution in [0, 0.1) is 0 Å². The molecule has 0 saturated heterocycles. The van der Waals surface area contributed by atoms with E-state index in [2.05, 4.69) is 76.3 Å². The van der Waals surface area contributed by atoms with Crippen LogP contribution in [0.1, 0.15) is 44.0 Å². The molecule has 106 valence electrons. The van der Waals surface area contributed by atoms with Crippen LogP contribution in [0.4, 0.5) is 5.82 Å². The molecule has 4 heteroatoms. The Bertz CT molecular complexity index is 555. The van der Waals surface area contributed by atoms with Gasteiger partial charge in [0.2, 0.25) is 0 Å². The summed E-state index contributed by atoms with van der Waals surface area (Å²) in [6, 6.07) is 12.4. The predicted octanol–water partition coefficient (Wildman–Crippen LogP) is 4.58. The van der Waals surface area contributed by atoms with Crippen LogP contribution < -0.4 is 5.32 Å². The molecule has 1 N–H and O–H groups in total. The van der Waals surface area contributed by atoms with Crippen molar-refractivity contribution in [2.24, 2.45) is 0 Å². The Hall–Kier alpha value is -1.42. The standard InChI is InChI=1S/C16H20BrN3/c1-11(2)16-19-14(17)9-15(20-16)18-10-12(3)13-7-5-4-6-8-13/h4-9,11-12H,10H2,1-3H3,(H,18,19,20). The van der Waals surface area contributed by atoms with Gasteiger partial charge in [-0.05, 0) is 27.4 Å². The van der Waals surface area contributed by atoms with Gasteiger partial charge < -0.3 is 5.32 Å². The van der Waals surface area contributed by atoms with Crippen molar-refractivity contribution in [1.82, 2.24) is 9.97 Å². The molecule has 0 aliphatic carbocycles. The first-order valence-electron chi connectivity index (χ1n) is 6.89. The minimum absolute atomic E-state index is 0.319. The Morgan fingerprint density at radius 3 is 2.45 bits per heavy atom. The SMILES string of the molecule is CC(C)c1nc(Br)cc(NCC(C)c2ccccc2)n1. The largest absolute Gasteiger partial charge is 0.369 e. The maximum absolute atomic E-state index is 4.55. The lowest BCUT2D eigenvalue weighted by Crippen LogP contribution is -2.12. The maximum atomic E-state index is 4.55. The van der Waals surface area contributed by atoms with Crippen molar-refractivity contribution in [2.45, 2.75) is 32.6 Å². The van der Waals surface area contributed by atoms with Gasteiger partial charge in [-0.3, -0.25) is 0 Å². The third-order valence-corrected chi connectivity index (χ3v) is 3.59. The molecule has 1 atom stereocenters. The zero-order valence-electron chi connectivity index (χ0n) is 12.1. The summed E-state index contributed by atoms with van der Waals surface area (Å²) in [4.78, 5) is 8.93. The van der Waals surface area contributed by atoms with E-state index < -0.39 is 0 Å². The second-order valence-corrected chi connectivity index (χ2v) is 6.09. The molecule has 20 heavy (non-hydrogen) atoms. The molecule has 0 aliphatic rings. The quantitative estimate of drug-likeness (QED) is 0.814. The Kier molecular flexibility index (Phi) is 5.12. The van der Waals surface area contributed by atoms with Crippen LogP contribution in [0.3, 0.4) is 0 Å². The Labute approximate surface area is 129 Å². The number of hydrogen-bond acceptors (Lipinski definition) is 3. The van der Waals surface area contributed by atoms with Crippen LogP contribution in [0.5, 0.6) is 0 Å². The Morgan fingerprint density at radius 1 is 1.10 bits per heavy atom. The average molecular weight is 334 g/mol. The zero-order chi connectivity index (χ0) is 14.5. The van der Waals surface area contributed by atoms with Gasteiger partial charge in [-0.25, -0.2) is 9.97 Å². The van der Waals surface area contributed by atoms with E-state index in [1.807, 2.05) is 12.1 Å². The third kappa shape index (κ3) is 4.04. The van der Waals surface area contributed by atoms with Crippen molar-refractivity contribution in [2.75, 3.05) is 11.9 Å². The van der Waals surface area contributed by atoms with Gasteiger partial charge in [-0.1, -0.05) is 51.1 Å². The monoisotopic (exact) mass is 333 g/mol. The van der Waals surface area contributed by atoms with E-state index in [-0.39, 0.29) is 0 Å². The third-order valence-electron chi connectivity index (χ3n) is 3.19. The van der Waals surface area contributed by atoms with Crippen molar-refractivity contribution >= 4 is 21.7 Å². The van der Waals surface area contributed by atoms with E-state index in [9.17, 15) is 0 Å². The first-order chi connectivity index (χ1) is 9.56. The molecular formula is C16H20BrN3. The average Bonchev–Trinajstić information content (AvgIpc) is 2.45. The number of rotatable bonds is 5. The van der Waals surface area contributed by atoms with Gasteiger partial charge in [-0.2, -0.15) is 0 Å². The highest BCUT2D eigenvalue weighted by Gasteiger charge is 2.09. The van der Waals surface area contributed by atoms with Crippen LogP contribution in [0.15, 0.2) is 41.0 Å². The number of halogens is 1. The van der Waals surface area contributed by atoms with Crippen LogP contribution in [0.25, 0.3) is 0 Å². The molecule has 1 unspecified atom stereocenters. The van der Waals surface area contributed by atoms with E-state index in [1.54, 1.807) is 0 Å². The molecule has 0 amide bonds. The molecule has 2 rings (SSSR count). The topological polar surface area (TPSA) is 37.8 Å². The summed E-state index contributed by atoms with van der Waals surface area (Å²) >= 11 is 3.44. The first kappa shape index (κ1) is 15.0. The van der Waals surface area contributed by atoms with Gasteiger partial charge in [0.15, 0.2) is 0 Å². The minimum Gasteiger partial charge on any atom is -0.369 e. The van der Waals surface area contributed by atoms with E-state index in [4.69, 9.17) is 0 Å². The highest BCUT2D eigenvalue weighted by atomic mass is 79.9. The molecule has 2 aromatic rings. The van der Waals surface area contributed by atoms with E-state index in [0.29, 0.717) is 11.8 Å². The molecular weight excluding hydrogens is 314 g/mol. The summed E-state index contributed by atoms with van der Waals surface area (Å²) in [6.45, 7) is 7.25. The minimum atomic E-state index is 0.319. The van der Waals surface area contributed by atoms with Gasteiger partial charge in [0.1, 0.15) is 16.2 Å². The summed E-state index contributed by atoms with van der Waals surface area (Å²) in [5, 5.41) is 3.40. The Morgan fingerprint density at radius 2 is 1.80 bits per heavy atom. The summed E-state index contributed by atoms with van der Waals surface area (Å²) in [6.07, 6.45) is 0. The van der Waals surface area contributed by atoms with Gasteiger partial charge in [0, 0.05) is 18.5 Å². The summed E-state index contributed by atoms with van der Waals surface area (Å²) < 4.78 is 0.825. The summed E-state index contributed by atoms with van der Waals surface area (Å²) in [5.41, 5.74) is 1.33. The molecule has 0 spiro atoms. The lowest BCUT2D eigenvalue weighted by molar-refractivity contribution is 0.760. The van der Waals surface area contributed by atoms with Crippen molar-refractivity contribution in [3.8, 4) is 0 Å². The number of nitrogens with one attached hydrogen (secondary N) is 1. The molecule has 0 saturated carbocycles. The fourth-order valence-electron chi connectivity index (χ4n) is 1.94. The van der Waals surface area contributed by atoms with Crippen molar-refractivity contribution in [3.05, 3.63) is 52.4 Å². The second-order valence-electron chi connectivity index (χ2n) is 5.28. The second kappa shape index (κ2) is 6.84. The van der Waals surface area contributed by atoms with Crippen molar-refractivity contribution < 1.29 is 0 Å². The van der Waals surface area contributed by atoms with Crippen LogP contribution >= 0.6 is 15.9 Å². The summed E-state index contributed by atoms with van der Waals surface area (Å²) in [5.74, 6) is 2.49. The molecule has 0 bridgehead atoms. The number of nitrogens with zero attached hydrogens (tertiary/aromatic N) is 2. The summed E-state index contributed by atoms with van der Waals surface area (Å²) in [7, 11) is 0. The zero-order valence-corrected chi connectivity index (χ0v) is 13.7. The van der Waals surface area contributed by atoms with Crippen LogP contribution in [0.2, 0.25) is 0 Å².